The van der Waals surface area contributed by atoms with Crippen LogP contribution in [0.5, 0.6) is 11.5 Å². The lowest BCUT2D eigenvalue weighted by Gasteiger charge is -2.05. The number of benzene rings is 1. The molecule has 0 aliphatic carbocycles. The van der Waals surface area contributed by atoms with E-state index in [1.165, 1.54) is 17.6 Å². The molecule has 0 amide bonds. The molecule has 19 heavy (non-hydrogen) atoms. The number of anilines is 1. The van der Waals surface area contributed by atoms with Crippen molar-refractivity contribution in [2.24, 2.45) is 5.10 Å². The number of nitrogens with one attached hydrogen (secondary N) is 1. The number of ether oxygens (including phenoxy) is 1. The van der Waals surface area contributed by atoms with Crippen LogP contribution in [0.25, 0.3) is 0 Å². The lowest BCUT2D eigenvalue weighted by Crippen LogP contribution is -1.94. The first-order chi connectivity index (χ1) is 9.19. The molecule has 6 heteroatoms. The van der Waals surface area contributed by atoms with Crippen LogP contribution < -0.4 is 10.2 Å². The highest BCUT2D eigenvalue weighted by Gasteiger charge is 2.01. The van der Waals surface area contributed by atoms with Gasteiger partial charge in [-0.15, -0.1) is 11.3 Å². The summed E-state index contributed by atoms with van der Waals surface area (Å²) in [6.45, 7) is 4.41. The average Bonchev–Trinajstić information content (AvgIpc) is 2.79. The zero-order chi connectivity index (χ0) is 13.7. The summed E-state index contributed by atoms with van der Waals surface area (Å²) in [4.78, 5) is 4.22. The third-order valence-electron chi connectivity index (χ3n) is 2.29. The van der Waals surface area contributed by atoms with Crippen molar-refractivity contribution in [1.29, 1.82) is 0 Å². The molecule has 0 fully saturated rings. The summed E-state index contributed by atoms with van der Waals surface area (Å²) in [5, 5.41) is 16.4. The second-order valence-corrected chi connectivity index (χ2v) is 4.68. The number of aryl methyl sites for hydroxylation is 1. The maximum atomic E-state index is 9.72. The molecule has 0 bridgehead atoms. The van der Waals surface area contributed by atoms with E-state index in [1.807, 2.05) is 19.2 Å². The van der Waals surface area contributed by atoms with E-state index in [-0.39, 0.29) is 5.75 Å². The number of hydrogen-bond acceptors (Lipinski definition) is 6. The number of hydrazone groups is 1. The Labute approximate surface area is 115 Å². The van der Waals surface area contributed by atoms with Crippen LogP contribution in [0.1, 0.15) is 18.2 Å². The molecule has 0 aliphatic rings. The van der Waals surface area contributed by atoms with E-state index in [9.17, 15) is 5.11 Å². The summed E-state index contributed by atoms with van der Waals surface area (Å²) in [7, 11) is 0. The lowest BCUT2D eigenvalue weighted by atomic mass is 10.2. The van der Waals surface area contributed by atoms with E-state index >= 15 is 0 Å². The Bertz CT molecular complexity index is 581. The molecule has 1 aromatic heterocycles. The summed E-state index contributed by atoms with van der Waals surface area (Å²) in [6.07, 6.45) is 1.54. The zero-order valence-corrected chi connectivity index (χ0v) is 11.6. The van der Waals surface area contributed by atoms with Gasteiger partial charge in [-0.1, -0.05) is 0 Å². The number of aromatic hydroxyl groups is 1. The van der Waals surface area contributed by atoms with Crippen molar-refractivity contribution >= 4 is 22.7 Å². The Kier molecular flexibility index (Phi) is 4.35. The minimum atomic E-state index is 0.157. The number of nitrogens with zero attached hydrogens (tertiary/aromatic N) is 2. The van der Waals surface area contributed by atoms with Crippen molar-refractivity contribution in [1.82, 2.24) is 4.98 Å². The van der Waals surface area contributed by atoms with Gasteiger partial charge in [0.05, 0.1) is 18.5 Å². The molecule has 1 heterocycles. The molecule has 0 radical (unpaired) electrons. The number of phenols is 1. The Balaban J connectivity index is 2.07. The Morgan fingerprint density at radius 2 is 2.37 bits per heavy atom. The van der Waals surface area contributed by atoms with E-state index in [1.54, 1.807) is 18.2 Å². The van der Waals surface area contributed by atoms with Gasteiger partial charge in [-0.25, -0.2) is 4.98 Å². The summed E-state index contributed by atoms with van der Waals surface area (Å²) in [6, 6.07) is 5.03. The molecule has 5 nitrogen and oxygen atoms in total. The van der Waals surface area contributed by atoms with Gasteiger partial charge in [0.2, 0.25) is 5.13 Å². The first kappa shape index (κ1) is 13.4. The second-order valence-electron chi connectivity index (χ2n) is 3.82. The highest BCUT2D eigenvalue weighted by molar-refractivity contribution is 7.13. The maximum absolute atomic E-state index is 9.72. The fourth-order valence-corrected chi connectivity index (χ4v) is 2.09. The molecule has 1 aromatic carbocycles. The van der Waals surface area contributed by atoms with Crippen LogP contribution in [-0.4, -0.2) is 22.9 Å². The van der Waals surface area contributed by atoms with Gasteiger partial charge in [-0.3, -0.25) is 5.43 Å². The van der Waals surface area contributed by atoms with Gasteiger partial charge >= 0.3 is 0 Å². The number of hydrogen-bond donors (Lipinski definition) is 2. The van der Waals surface area contributed by atoms with E-state index in [2.05, 4.69) is 15.5 Å². The Hall–Kier alpha value is -2.08. The zero-order valence-electron chi connectivity index (χ0n) is 10.8. The van der Waals surface area contributed by atoms with Crippen molar-refractivity contribution in [3.8, 4) is 11.5 Å². The van der Waals surface area contributed by atoms with Crippen LogP contribution in [0.3, 0.4) is 0 Å². The number of aromatic nitrogens is 1. The highest BCUT2D eigenvalue weighted by atomic mass is 32.1. The molecule has 0 spiro atoms. The fourth-order valence-electron chi connectivity index (χ4n) is 1.45. The quantitative estimate of drug-likeness (QED) is 0.651. The van der Waals surface area contributed by atoms with E-state index in [4.69, 9.17) is 4.74 Å². The van der Waals surface area contributed by atoms with Crippen LogP contribution in [0.4, 0.5) is 5.13 Å². The summed E-state index contributed by atoms with van der Waals surface area (Å²) in [5.74, 6) is 0.858. The van der Waals surface area contributed by atoms with E-state index in [0.29, 0.717) is 23.1 Å². The van der Waals surface area contributed by atoms with Gasteiger partial charge < -0.3 is 9.84 Å². The van der Waals surface area contributed by atoms with Crippen LogP contribution in [-0.2, 0) is 0 Å². The standard InChI is InChI=1S/C13H15N3O2S/c1-3-18-11-4-5-12(17)10(6-11)7-14-16-13-15-9(2)8-19-13/h4-8,17H,3H2,1-2H3,(H,15,16). The maximum Gasteiger partial charge on any atom is 0.203 e. The highest BCUT2D eigenvalue weighted by Crippen LogP contribution is 2.21. The minimum absolute atomic E-state index is 0.157. The number of rotatable bonds is 5. The van der Waals surface area contributed by atoms with Gasteiger partial charge in [0.25, 0.3) is 0 Å². The average molecular weight is 277 g/mol. The van der Waals surface area contributed by atoms with Crippen molar-refractivity contribution < 1.29 is 9.84 Å². The van der Waals surface area contributed by atoms with Crippen LogP contribution in [0.2, 0.25) is 0 Å². The first-order valence-corrected chi connectivity index (χ1v) is 6.74. The van der Waals surface area contributed by atoms with Gasteiger partial charge in [-0.05, 0) is 32.0 Å². The number of thiazole rings is 1. The van der Waals surface area contributed by atoms with Crippen LogP contribution in [0, 0.1) is 6.92 Å². The molecule has 2 rings (SSSR count). The molecule has 2 N–H and O–H groups in total. The van der Waals surface area contributed by atoms with Gasteiger partial charge in [-0.2, -0.15) is 5.10 Å². The molecule has 100 valence electrons. The van der Waals surface area contributed by atoms with Crippen LogP contribution in [0.15, 0.2) is 28.7 Å². The second kappa shape index (κ2) is 6.19. The minimum Gasteiger partial charge on any atom is -0.507 e. The van der Waals surface area contributed by atoms with Crippen molar-refractivity contribution in [3.05, 3.63) is 34.8 Å². The molecule has 0 atom stereocenters. The predicted molar refractivity (Wildman–Crippen MR) is 77.3 cm³/mol. The normalized spacial score (nSPS) is 10.8. The number of phenolic OH excluding ortho intramolecular Hbond substituents is 1. The monoisotopic (exact) mass is 277 g/mol. The predicted octanol–water partition coefficient (Wildman–Crippen LogP) is 3.00. The van der Waals surface area contributed by atoms with Gasteiger partial charge in [0.15, 0.2) is 0 Å². The van der Waals surface area contributed by atoms with Crippen molar-refractivity contribution in [3.63, 3.8) is 0 Å². The Morgan fingerprint density at radius 3 is 3.05 bits per heavy atom. The third kappa shape index (κ3) is 3.69. The molecule has 0 unspecified atom stereocenters. The lowest BCUT2D eigenvalue weighted by molar-refractivity contribution is 0.339. The summed E-state index contributed by atoms with van der Waals surface area (Å²) in [5.41, 5.74) is 4.36. The molecule has 0 aliphatic heterocycles. The van der Waals surface area contributed by atoms with E-state index < -0.39 is 0 Å². The van der Waals surface area contributed by atoms with Gasteiger partial charge in [0, 0.05) is 10.9 Å². The first-order valence-electron chi connectivity index (χ1n) is 5.86. The SMILES string of the molecule is CCOc1ccc(O)c(C=NNc2nc(C)cs2)c1. The van der Waals surface area contributed by atoms with Gasteiger partial charge in [0.1, 0.15) is 11.5 Å². The molecule has 0 saturated heterocycles. The smallest absolute Gasteiger partial charge is 0.203 e. The summed E-state index contributed by atoms with van der Waals surface area (Å²) >= 11 is 1.48. The Morgan fingerprint density at radius 1 is 1.53 bits per heavy atom. The van der Waals surface area contributed by atoms with Crippen molar-refractivity contribution in [2.45, 2.75) is 13.8 Å². The third-order valence-corrected chi connectivity index (χ3v) is 3.16. The van der Waals surface area contributed by atoms with Crippen molar-refractivity contribution in [2.75, 3.05) is 12.0 Å². The summed E-state index contributed by atoms with van der Waals surface area (Å²) < 4.78 is 5.37. The largest absolute Gasteiger partial charge is 0.507 e. The molecular formula is C13H15N3O2S. The molecule has 2 aromatic rings. The van der Waals surface area contributed by atoms with Crippen LogP contribution >= 0.6 is 11.3 Å². The molecule has 0 saturated carbocycles. The fraction of sp³-hybridized carbons (Fsp3) is 0.231. The molecular weight excluding hydrogens is 262 g/mol. The van der Waals surface area contributed by atoms with E-state index in [0.717, 1.165) is 5.69 Å². The topological polar surface area (TPSA) is 66.7 Å².